The zero-order valence-corrected chi connectivity index (χ0v) is 18.5. The molecule has 0 aromatic heterocycles. The van der Waals surface area contributed by atoms with Gasteiger partial charge in [-0.3, -0.25) is 9.59 Å². The number of fused-ring (bicyclic) bond motifs is 5. The number of carbonyl (C=O) groups is 2. The summed E-state index contributed by atoms with van der Waals surface area (Å²) < 4.78 is 6.28. The molecule has 0 N–H and O–H groups in total. The van der Waals surface area contributed by atoms with Crippen molar-refractivity contribution in [2.75, 3.05) is 26.2 Å². The third kappa shape index (κ3) is 3.24. The number of Topliss-reactive ketones (excluding diaryl/α,β-unsaturated/α-hetero) is 2. The Bertz CT molecular complexity index is 671. The van der Waals surface area contributed by atoms with Crippen LogP contribution < -0.4 is 0 Å². The van der Waals surface area contributed by atoms with Gasteiger partial charge < -0.3 is 9.64 Å². The molecule has 4 nitrogen and oxygen atoms in total. The van der Waals surface area contributed by atoms with Crippen molar-refractivity contribution < 1.29 is 14.3 Å². The highest BCUT2D eigenvalue weighted by atomic mass is 16.5. The number of hydrogen-bond acceptors (Lipinski definition) is 4. The van der Waals surface area contributed by atoms with E-state index in [-0.39, 0.29) is 22.9 Å². The average Bonchev–Trinajstić information content (AvgIpc) is 3.31. The first-order chi connectivity index (χ1) is 13.9. The minimum Gasteiger partial charge on any atom is -0.377 e. The van der Waals surface area contributed by atoms with Gasteiger partial charge in [0.25, 0.3) is 0 Å². The topological polar surface area (TPSA) is 46.6 Å². The number of nitrogens with zero attached hydrogens (tertiary/aromatic N) is 1. The number of ketones is 2. The summed E-state index contributed by atoms with van der Waals surface area (Å²) in [7, 11) is 0. The van der Waals surface area contributed by atoms with Gasteiger partial charge in [-0.25, -0.2) is 0 Å². The second-order valence-corrected chi connectivity index (χ2v) is 11.3. The first-order valence-corrected chi connectivity index (χ1v) is 12.3. The van der Waals surface area contributed by atoms with Crippen LogP contribution in [-0.2, 0) is 14.3 Å². The summed E-state index contributed by atoms with van der Waals surface area (Å²) in [6.07, 6.45) is 10.7. The van der Waals surface area contributed by atoms with Gasteiger partial charge in [0.15, 0.2) is 0 Å². The molecule has 7 atom stereocenters. The predicted octanol–water partition coefficient (Wildman–Crippen LogP) is 4.26. The van der Waals surface area contributed by atoms with Crippen LogP contribution in [0.15, 0.2) is 0 Å². The fourth-order valence-electron chi connectivity index (χ4n) is 8.28. The smallest absolute Gasteiger partial charge is 0.139 e. The largest absolute Gasteiger partial charge is 0.377 e. The van der Waals surface area contributed by atoms with E-state index >= 15 is 0 Å². The lowest BCUT2D eigenvalue weighted by molar-refractivity contribution is -0.163. The molecule has 4 saturated carbocycles. The van der Waals surface area contributed by atoms with Crippen molar-refractivity contribution in [3.8, 4) is 0 Å². The maximum atomic E-state index is 13.3. The van der Waals surface area contributed by atoms with Gasteiger partial charge in [0.1, 0.15) is 11.6 Å². The van der Waals surface area contributed by atoms with Crippen LogP contribution in [0.1, 0.15) is 78.1 Å². The highest BCUT2D eigenvalue weighted by molar-refractivity contribution is 5.88. The minimum absolute atomic E-state index is 0.127. The summed E-state index contributed by atoms with van der Waals surface area (Å²) in [6, 6.07) is 0. The molecule has 0 bridgehead atoms. The Labute approximate surface area is 176 Å². The van der Waals surface area contributed by atoms with Crippen molar-refractivity contribution in [2.24, 2.45) is 34.5 Å². The Balaban J connectivity index is 1.25. The predicted molar refractivity (Wildman–Crippen MR) is 113 cm³/mol. The van der Waals surface area contributed by atoms with Crippen molar-refractivity contribution in [3.05, 3.63) is 0 Å². The van der Waals surface area contributed by atoms with Crippen molar-refractivity contribution in [3.63, 3.8) is 0 Å². The van der Waals surface area contributed by atoms with E-state index in [4.69, 9.17) is 4.74 Å². The monoisotopic (exact) mass is 401 g/mol. The van der Waals surface area contributed by atoms with Gasteiger partial charge in [-0.05, 0) is 87.6 Å². The van der Waals surface area contributed by atoms with Crippen molar-refractivity contribution in [2.45, 2.75) is 84.2 Å². The maximum Gasteiger partial charge on any atom is 0.139 e. The molecule has 4 heteroatoms. The zero-order chi connectivity index (χ0) is 20.2. The number of rotatable bonds is 4. The summed E-state index contributed by atoms with van der Waals surface area (Å²) in [5.41, 5.74) is -0.0116. The quantitative estimate of drug-likeness (QED) is 0.706. The summed E-state index contributed by atoms with van der Waals surface area (Å²) in [6.45, 7) is 8.92. The third-order valence-corrected chi connectivity index (χ3v) is 10.1. The third-order valence-electron chi connectivity index (χ3n) is 10.1. The van der Waals surface area contributed by atoms with Crippen LogP contribution in [0.2, 0.25) is 0 Å². The second-order valence-electron chi connectivity index (χ2n) is 11.3. The van der Waals surface area contributed by atoms with Gasteiger partial charge in [0.05, 0.1) is 12.7 Å². The number of ether oxygens (including phenoxy) is 1. The second kappa shape index (κ2) is 7.44. The van der Waals surface area contributed by atoms with E-state index in [1.165, 1.54) is 25.9 Å². The number of hydrogen-bond donors (Lipinski definition) is 0. The van der Waals surface area contributed by atoms with E-state index in [1.54, 1.807) is 0 Å². The standard InChI is InChI=1S/C25H39NO3/c1-24-9-7-17(29-14-13-26-11-3-4-12-26)15-21(24)22(27)16-18-19-5-6-23(28)25(19,2)10-8-20(18)24/h17-21H,3-16H2,1-2H3/t17-,18?,19?,20?,21+,24+,25-/m0/s1. The molecule has 29 heavy (non-hydrogen) atoms. The fourth-order valence-corrected chi connectivity index (χ4v) is 8.28. The number of likely N-dealkylation sites (tertiary alicyclic amines) is 1. The van der Waals surface area contributed by atoms with Crippen LogP contribution in [0.4, 0.5) is 0 Å². The van der Waals surface area contributed by atoms with Gasteiger partial charge in [0.2, 0.25) is 0 Å². The molecule has 1 heterocycles. The highest BCUT2D eigenvalue weighted by Crippen LogP contribution is 2.64. The van der Waals surface area contributed by atoms with E-state index in [0.717, 1.165) is 64.5 Å². The molecule has 4 aliphatic carbocycles. The first-order valence-electron chi connectivity index (χ1n) is 12.3. The van der Waals surface area contributed by atoms with Gasteiger partial charge >= 0.3 is 0 Å². The normalized spacial score (nSPS) is 47.7. The summed E-state index contributed by atoms with van der Waals surface area (Å²) >= 11 is 0. The van der Waals surface area contributed by atoms with Crippen LogP contribution >= 0.6 is 0 Å². The summed E-state index contributed by atoms with van der Waals surface area (Å²) in [4.78, 5) is 28.4. The summed E-state index contributed by atoms with van der Waals surface area (Å²) in [5.74, 6) is 2.64. The molecular formula is C25H39NO3. The van der Waals surface area contributed by atoms with Crippen molar-refractivity contribution >= 4 is 11.6 Å². The Morgan fingerprint density at radius 1 is 1.03 bits per heavy atom. The SMILES string of the molecule is C[C@]12CCC3C(CC(=O)[C@H]4C[C@@H](OCCN5CCCC5)CC[C@]34C)C1CCC2=O. The van der Waals surface area contributed by atoms with Gasteiger partial charge in [0, 0.05) is 30.7 Å². The van der Waals surface area contributed by atoms with E-state index < -0.39 is 0 Å². The van der Waals surface area contributed by atoms with Crippen molar-refractivity contribution in [1.29, 1.82) is 0 Å². The lowest BCUT2D eigenvalue weighted by atomic mass is 9.45. The van der Waals surface area contributed by atoms with E-state index in [9.17, 15) is 9.59 Å². The van der Waals surface area contributed by atoms with Crippen LogP contribution in [0, 0.1) is 34.5 Å². The molecule has 1 saturated heterocycles. The maximum absolute atomic E-state index is 13.3. The fraction of sp³-hybridized carbons (Fsp3) is 0.920. The van der Waals surface area contributed by atoms with Crippen LogP contribution in [0.25, 0.3) is 0 Å². The van der Waals surface area contributed by atoms with E-state index in [0.29, 0.717) is 29.3 Å². The molecule has 162 valence electrons. The molecule has 5 fully saturated rings. The molecular weight excluding hydrogens is 362 g/mol. The molecule has 3 unspecified atom stereocenters. The van der Waals surface area contributed by atoms with Gasteiger partial charge in [-0.15, -0.1) is 0 Å². The lowest BCUT2D eigenvalue weighted by Gasteiger charge is -2.59. The summed E-state index contributed by atoms with van der Waals surface area (Å²) in [5, 5.41) is 0. The Morgan fingerprint density at radius 2 is 1.83 bits per heavy atom. The first kappa shape index (κ1) is 20.2. The van der Waals surface area contributed by atoms with E-state index in [1.807, 2.05) is 0 Å². The number of carbonyl (C=O) groups excluding carboxylic acids is 2. The minimum atomic E-state index is -0.138. The highest BCUT2D eigenvalue weighted by Gasteiger charge is 2.62. The van der Waals surface area contributed by atoms with Gasteiger partial charge in [-0.2, -0.15) is 0 Å². The zero-order valence-electron chi connectivity index (χ0n) is 18.5. The molecule has 5 rings (SSSR count). The molecule has 0 amide bonds. The molecule has 0 aromatic rings. The Kier molecular flexibility index (Phi) is 5.18. The van der Waals surface area contributed by atoms with Gasteiger partial charge in [-0.1, -0.05) is 13.8 Å². The molecule has 1 aliphatic heterocycles. The van der Waals surface area contributed by atoms with Crippen molar-refractivity contribution in [1.82, 2.24) is 4.90 Å². The van der Waals surface area contributed by atoms with E-state index in [2.05, 4.69) is 18.7 Å². The van der Waals surface area contributed by atoms with Crippen LogP contribution in [-0.4, -0.2) is 48.8 Å². The Hall–Kier alpha value is -0.740. The molecule has 5 aliphatic rings. The Morgan fingerprint density at radius 3 is 2.62 bits per heavy atom. The molecule has 0 spiro atoms. The average molecular weight is 402 g/mol. The van der Waals surface area contributed by atoms with Crippen LogP contribution in [0.5, 0.6) is 0 Å². The molecule has 0 radical (unpaired) electrons. The lowest BCUT2D eigenvalue weighted by Crippen LogP contribution is -2.57. The van der Waals surface area contributed by atoms with Crippen LogP contribution in [0.3, 0.4) is 0 Å². The molecule has 0 aromatic carbocycles.